The second-order valence-corrected chi connectivity index (χ2v) is 7.88. The van der Waals surface area contributed by atoms with Crippen LogP contribution in [0, 0.1) is 0 Å². The van der Waals surface area contributed by atoms with Gasteiger partial charge in [-0.15, -0.1) is 12.4 Å². The van der Waals surface area contributed by atoms with Gasteiger partial charge in [0.2, 0.25) is 15.7 Å². The van der Waals surface area contributed by atoms with Crippen molar-refractivity contribution in [3.05, 3.63) is 24.3 Å². The van der Waals surface area contributed by atoms with Crippen molar-refractivity contribution in [2.45, 2.75) is 23.1 Å². The molecule has 1 aromatic rings. The lowest BCUT2D eigenvalue weighted by atomic mass is 10.2. The van der Waals surface area contributed by atoms with Crippen molar-refractivity contribution >= 4 is 45.6 Å². The molecule has 0 aromatic heterocycles. The summed E-state index contributed by atoms with van der Waals surface area (Å²) in [5, 5.41) is 5.75. The topological polar surface area (TPSA) is 75.3 Å². The van der Waals surface area contributed by atoms with Crippen LogP contribution >= 0.6 is 24.2 Å². The highest BCUT2D eigenvalue weighted by atomic mass is 35.5. The van der Waals surface area contributed by atoms with Crippen molar-refractivity contribution < 1.29 is 22.0 Å². The lowest BCUT2D eigenvalue weighted by molar-refractivity contribution is -0.116. The van der Waals surface area contributed by atoms with Crippen LogP contribution < -0.4 is 10.6 Å². The van der Waals surface area contributed by atoms with Gasteiger partial charge < -0.3 is 10.6 Å². The molecule has 1 aliphatic heterocycles. The summed E-state index contributed by atoms with van der Waals surface area (Å²) in [7, 11) is -4.66. The molecule has 0 spiro atoms. The monoisotopic (exact) mass is 386 g/mol. The van der Waals surface area contributed by atoms with E-state index in [0.717, 1.165) is 30.2 Å². The zero-order valence-electron chi connectivity index (χ0n) is 12.0. The molecule has 2 N–H and O–H groups in total. The Bertz CT molecular complexity index is 638. The minimum atomic E-state index is -4.66. The predicted molar refractivity (Wildman–Crippen MR) is 89.2 cm³/mol. The first-order chi connectivity index (χ1) is 10.4. The lowest BCUT2D eigenvalue weighted by Crippen LogP contribution is -2.39. The first kappa shape index (κ1) is 20.1. The SMILES string of the molecule is Cl.O=C(CC1CSCCN1)Nc1cccc(S(=O)(=O)C(F)F)c1. The first-order valence-electron chi connectivity index (χ1n) is 6.62. The number of thioether (sulfide) groups is 1. The van der Waals surface area contributed by atoms with Crippen LogP contribution in [0.4, 0.5) is 14.5 Å². The summed E-state index contributed by atoms with van der Waals surface area (Å²) in [6.45, 7) is 0.838. The average molecular weight is 387 g/mol. The second-order valence-electron chi connectivity index (χ2n) is 4.81. The van der Waals surface area contributed by atoms with Gasteiger partial charge in [0.25, 0.3) is 0 Å². The number of amides is 1. The molecule has 1 fully saturated rings. The number of halogens is 3. The van der Waals surface area contributed by atoms with Gasteiger partial charge in [-0.1, -0.05) is 6.07 Å². The molecular formula is C13H17ClF2N2O3S2. The largest absolute Gasteiger partial charge is 0.341 e. The number of hydrogen-bond donors (Lipinski definition) is 2. The Morgan fingerprint density at radius 3 is 2.78 bits per heavy atom. The Balaban J connectivity index is 0.00000264. The van der Waals surface area contributed by atoms with Crippen LogP contribution in [-0.4, -0.2) is 44.2 Å². The van der Waals surface area contributed by atoms with Gasteiger partial charge in [0.05, 0.1) is 4.90 Å². The summed E-state index contributed by atoms with van der Waals surface area (Å²) in [4.78, 5) is 11.4. The highest BCUT2D eigenvalue weighted by Gasteiger charge is 2.26. The smallest absolute Gasteiger partial charge is 0.326 e. The molecule has 2 rings (SSSR count). The standard InChI is InChI=1S/C13H16F2N2O3S2.ClH/c14-13(15)22(19,20)11-3-1-2-9(6-11)17-12(18)7-10-8-21-5-4-16-10;/h1-3,6,10,13,16H,4-5,7-8H2,(H,17,18);1H. The van der Waals surface area contributed by atoms with Gasteiger partial charge in [-0.25, -0.2) is 8.42 Å². The molecule has 1 atom stereocenters. The van der Waals surface area contributed by atoms with E-state index in [9.17, 15) is 22.0 Å². The Labute approximate surface area is 143 Å². The van der Waals surface area contributed by atoms with E-state index < -0.39 is 20.5 Å². The Morgan fingerprint density at radius 2 is 2.17 bits per heavy atom. The van der Waals surface area contributed by atoms with E-state index >= 15 is 0 Å². The second kappa shape index (κ2) is 8.81. The highest BCUT2D eigenvalue weighted by molar-refractivity contribution is 7.99. The predicted octanol–water partition coefficient (Wildman–Crippen LogP) is 2.14. The maximum Gasteiger partial charge on any atom is 0.341 e. The quantitative estimate of drug-likeness (QED) is 0.810. The molecule has 0 radical (unpaired) electrons. The molecule has 1 amide bonds. The van der Waals surface area contributed by atoms with Crippen LogP contribution in [0.2, 0.25) is 0 Å². The van der Waals surface area contributed by atoms with E-state index in [1.807, 2.05) is 0 Å². The third-order valence-electron chi connectivity index (χ3n) is 3.11. The van der Waals surface area contributed by atoms with Crippen LogP contribution in [0.15, 0.2) is 29.2 Å². The fourth-order valence-electron chi connectivity index (χ4n) is 2.04. The number of benzene rings is 1. The van der Waals surface area contributed by atoms with Crippen molar-refractivity contribution in [1.82, 2.24) is 5.32 Å². The van der Waals surface area contributed by atoms with Crippen molar-refractivity contribution in [1.29, 1.82) is 0 Å². The number of alkyl halides is 2. The average Bonchev–Trinajstić information content (AvgIpc) is 2.48. The summed E-state index contributed by atoms with van der Waals surface area (Å²) < 4.78 is 47.9. The van der Waals surface area contributed by atoms with E-state index in [1.54, 1.807) is 11.8 Å². The molecule has 1 saturated heterocycles. The fraction of sp³-hybridized carbons (Fsp3) is 0.462. The maximum atomic E-state index is 12.5. The van der Waals surface area contributed by atoms with Crippen molar-refractivity contribution in [2.24, 2.45) is 0 Å². The molecule has 10 heteroatoms. The molecule has 1 unspecified atom stereocenters. The molecule has 5 nitrogen and oxygen atoms in total. The molecule has 130 valence electrons. The summed E-state index contributed by atoms with van der Waals surface area (Å²) >= 11 is 1.76. The van der Waals surface area contributed by atoms with Gasteiger partial charge in [-0.3, -0.25) is 4.79 Å². The molecule has 1 aliphatic rings. The Hall–Kier alpha value is -0.900. The summed E-state index contributed by atoms with van der Waals surface area (Å²) in [6.07, 6.45) is 0.249. The van der Waals surface area contributed by atoms with Crippen molar-refractivity contribution in [2.75, 3.05) is 23.4 Å². The number of sulfone groups is 1. The molecule has 0 aliphatic carbocycles. The van der Waals surface area contributed by atoms with Gasteiger partial charge in [-0.05, 0) is 18.2 Å². The van der Waals surface area contributed by atoms with E-state index in [-0.39, 0.29) is 36.5 Å². The van der Waals surface area contributed by atoms with Crippen LogP contribution in [0.3, 0.4) is 0 Å². The number of carbonyl (C=O) groups is 1. The van der Waals surface area contributed by atoms with Gasteiger partial charge >= 0.3 is 5.76 Å². The van der Waals surface area contributed by atoms with E-state index in [0.29, 0.717) is 0 Å². The van der Waals surface area contributed by atoms with E-state index in [1.165, 1.54) is 12.1 Å². The normalized spacial score (nSPS) is 18.3. The zero-order valence-corrected chi connectivity index (χ0v) is 14.4. The van der Waals surface area contributed by atoms with Crippen molar-refractivity contribution in [3.63, 3.8) is 0 Å². The van der Waals surface area contributed by atoms with E-state index in [4.69, 9.17) is 0 Å². The van der Waals surface area contributed by atoms with Gasteiger partial charge in [0.15, 0.2) is 0 Å². The van der Waals surface area contributed by atoms with Crippen molar-refractivity contribution in [3.8, 4) is 0 Å². The van der Waals surface area contributed by atoms with Crippen LogP contribution in [-0.2, 0) is 14.6 Å². The molecular weight excluding hydrogens is 370 g/mol. The minimum absolute atomic E-state index is 0. The summed E-state index contributed by atoms with van der Waals surface area (Å²) in [5.41, 5.74) is 0.190. The molecule has 0 saturated carbocycles. The Morgan fingerprint density at radius 1 is 1.43 bits per heavy atom. The maximum absolute atomic E-state index is 12.5. The number of nitrogens with one attached hydrogen (secondary N) is 2. The van der Waals surface area contributed by atoms with Crippen LogP contribution in [0.1, 0.15) is 6.42 Å². The Kier molecular flexibility index (Phi) is 7.72. The summed E-state index contributed by atoms with van der Waals surface area (Å²) in [5.74, 6) is -1.94. The first-order valence-corrected chi connectivity index (χ1v) is 9.33. The van der Waals surface area contributed by atoms with Gasteiger partial charge in [-0.2, -0.15) is 20.5 Å². The number of anilines is 1. The van der Waals surface area contributed by atoms with Crippen LogP contribution in [0.25, 0.3) is 0 Å². The van der Waals surface area contributed by atoms with Gasteiger partial charge in [0, 0.05) is 36.2 Å². The third kappa shape index (κ3) is 5.59. The van der Waals surface area contributed by atoms with Crippen LogP contribution in [0.5, 0.6) is 0 Å². The van der Waals surface area contributed by atoms with E-state index in [2.05, 4.69) is 10.6 Å². The summed E-state index contributed by atoms with van der Waals surface area (Å²) in [6, 6.07) is 4.97. The lowest BCUT2D eigenvalue weighted by Gasteiger charge is -2.22. The zero-order chi connectivity index (χ0) is 16.2. The third-order valence-corrected chi connectivity index (χ3v) is 5.62. The molecule has 1 heterocycles. The highest BCUT2D eigenvalue weighted by Crippen LogP contribution is 2.21. The molecule has 1 aromatic carbocycles. The number of hydrogen-bond acceptors (Lipinski definition) is 5. The van der Waals surface area contributed by atoms with Gasteiger partial charge in [0.1, 0.15) is 0 Å². The molecule has 23 heavy (non-hydrogen) atoms. The molecule has 0 bridgehead atoms. The minimum Gasteiger partial charge on any atom is -0.326 e. The number of carbonyl (C=O) groups excluding carboxylic acids is 1. The fourth-order valence-corrected chi connectivity index (χ4v) is 3.75. The number of rotatable bonds is 5.